The molecule has 0 saturated heterocycles. The van der Waals surface area contributed by atoms with Gasteiger partial charge >= 0.3 is 0 Å². The summed E-state index contributed by atoms with van der Waals surface area (Å²) in [6, 6.07) is 6.44. The van der Waals surface area contributed by atoms with Crippen LogP contribution in [0.25, 0.3) is 0 Å². The van der Waals surface area contributed by atoms with Crippen molar-refractivity contribution >= 4 is 10.0 Å². The molecule has 6 heteroatoms. The van der Waals surface area contributed by atoms with Gasteiger partial charge in [0, 0.05) is 13.1 Å². The summed E-state index contributed by atoms with van der Waals surface area (Å²) >= 11 is 0. The number of nitrogens with zero attached hydrogens (tertiary/aromatic N) is 1. The van der Waals surface area contributed by atoms with Crippen LogP contribution in [0.1, 0.15) is 33.1 Å². The van der Waals surface area contributed by atoms with Gasteiger partial charge < -0.3 is 9.84 Å². The Morgan fingerprint density at radius 3 is 2.29 bits per heavy atom. The van der Waals surface area contributed by atoms with E-state index in [4.69, 9.17) is 9.84 Å². The van der Waals surface area contributed by atoms with E-state index in [-0.39, 0.29) is 18.0 Å². The van der Waals surface area contributed by atoms with E-state index in [1.165, 1.54) is 4.31 Å². The van der Waals surface area contributed by atoms with Crippen LogP contribution in [0.4, 0.5) is 0 Å². The van der Waals surface area contributed by atoms with Gasteiger partial charge in [-0.15, -0.1) is 0 Å². The second-order valence-electron chi connectivity index (χ2n) is 4.80. The van der Waals surface area contributed by atoms with Crippen LogP contribution in [0.5, 0.6) is 5.75 Å². The zero-order valence-electron chi connectivity index (χ0n) is 12.8. The fourth-order valence-corrected chi connectivity index (χ4v) is 3.34. The minimum atomic E-state index is -3.55. The summed E-state index contributed by atoms with van der Waals surface area (Å²) in [6.07, 6.45) is 2.58. The molecule has 0 amide bonds. The van der Waals surface area contributed by atoms with E-state index in [9.17, 15) is 8.42 Å². The molecule has 5 nitrogen and oxygen atoms in total. The van der Waals surface area contributed by atoms with Crippen molar-refractivity contribution in [1.29, 1.82) is 0 Å². The fourth-order valence-electron chi connectivity index (χ4n) is 1.87. The fraction of sp³-hybridized carbons (Fsp3) is 0.600. The van der Waals surface area contributed by atoms with Crippen molar-refractivity contribution in [2.75, 3.05) is 26.3 Å². The van der Waals surface area contributed by atoms with Gasteiger partial charge in [0.25, 0.3) is 0 Å². The summed E-state index contributed by atoms with van der Waals surface area (Å²) in [4.78, 5) is 0.232. The summed E-state index contributed by atoms with van der Waals surface area (Å²) in [5.41, 5.74) is 0. The molecular formula is C15H25NO4S. The molecule has 0 saturated carbocycles. The molecule has 0 bridgehead atoms. The van der Waals surface area contributed by atoms with Crippen LogP contribution in [0, 0.1) is 0 Å². The highest BCUT2D eigenvalue weighted by Gasteiger charge is 2.23. The normalized spacial score (nSPS) is 11.8. The molecule has 21 heavy (non-hydrogen) atoms. The van der Waals surface area contributed by atoms with Crippen molar-refractivity contribution < 1.29 is 18.3 Å². The van der Waals surface area contributed by atoms with Crippen LogP contribution in [-0.4, -0.2) is 44.1 Å². The van der Waals surface area contributed by atoms with E-state index in [0.717, 1.165) is 19.3 Å². The Morgan fingerprint density at radius 1 is 1.10 bits per heavy atom. The minimum Gasteiger partial charge on any atom is -0.494 e. The number of aliphatic hydroxyl groups is 1. The lowest BCUT2D eigenvalue weighted by Crippen LogP contribution is -2.34. The molecule has 0 fully saturated rings. The Balaban J connectivity index is 2.88. The van der Waals surface area contributed by atoms with E-state index < -0.39 is 10.0 Å². The summed E-state index contributed by atoms with van der Waals surface area (Å²) in [7, 11) is -3.55. The monoisotopic (exact) mass is 315 g/mol. The highest BCUT2D eigenvalue weighted by Crippen LogP contribution is 2.20. The largest absolute Gasteiger partial charge is 0.494 e. The van der Waals surface area contributed by atoms with Crippen LogP contribution < -0.4 is 4.74 Å². The first-order valence-electron chi connectivity index (χ1n) is 7.40. The predicted molar refractivity (Wildman–Crippen MR) is 83.0 cm³/mol. The van der Waals surface area contributed by atoms with E-state index in [1.54, 1.807) is 24.3 Å². The number of unbranched alkanes of at least 4 members (excludes halogenated alkanes) is 1. The second kappa shape index (κ2) is 9.02. The van der Waals surface area contributed by atoms with E-state index in [0.29, 0.717) is 18.9 Å². The molecule has 0 unspecified atom stereocenters. The molecule has 0 aromatic heterocycles. The Morgan fingerprint density at radius 2 is 1.76 bits per heavy atom. The molecule has 1 rings (SSSR count). The number of hydrogen-bond donors (Lipinski definition) is 1. The molecule has 0 atom stereocenters. The molecular weight excluding hydrogens is 290 g/mol. The topological polar surface area (TPSA) is 66.8 Å². The number of rotatable bonds is 10. The lowest BCUT2D eigenvalue weighted by Gasteiger charge is -2.21. The van der Waals surface area contributed by atoms with Gasteiger partial charge in [-0.2, -0.15) is 4.31 Å². The van der Waals surface area contributed by atoms with Crippen molar-refractivity contribution in [3.63, 3.8) is 0 Å². The van der Waals surface area contributed by atoms with Gasteiger partial charge in [0.2, 0.25) is 10.0 Å². The van der Waals surface area contributed by atoms with Gasteiger partial charge in [0.15, 0.2) is 0 Å². The van der Waals surface area contributed by atoms with Crippen LogP contribution in [0.3, 0.4) is 0 Å². The number of aliphatic hydroxyl groups excluding tert-OH is 1. The molecule has 0 aliphatic rings. The Bertz CT molecular complexity index is 499. The molecule has 0 aliphatic heterocycles. The average Bonchev–Trinajstić information content (AvgIpc) is 2.49. The maximum absolute atomic E-state index is 12.5. The Hall–Kier alpha value is -1.11. The molecule has 120 valence electrons. The van der Waals surface area contributed by atoms with Gasteiger partial charge in [-0.05, 0) is 37.1 Å². The van der Waals surface area contributed by atoms with Crippen LogP contribution >= 0.6 is 0 Å². The summed E-state index contributed by atoms with van der Waals surface area (Å²) in [5, 5.41) is 9.06. The number of ether oxygens (including phenoxy) is 1. The Labute approximate surface area is 127 Å². The van der Waals surface area contributed by atoms with Crippen molar-refractivity contribution in [3.8, 4) is 5.75 Å². The van der Waals surface area contributed by atoms with Gasteiger partial charge in [-0.1, -0.05) is 20.3 Å². The van der Waals surface area contributed by atoms with Gasteiger partial charge in [-0.25, -0.2) is 8.42 Å². The first-order chi connectivity index (χ1) is 10.1. The molecule has 0 spiro atoms. The van der Waals surface area contributed by atoms with Crippen molar-refractivity contribution in [3.05, 3.63) is 24.3 Å². The maximum atomic E-state index is 12.5. The lowest BCUT2D eigenvalue weighted by molar-refractivity contribution is 0.252. The van der Waals surface area contributed by atoms with Gasteiger partial charge in [-0.3, -0.25) is 0 Å². The zero-order valence-corrected chi connectivity index (χ0v) is 13.6. The molecule has 0 radical (unpaired) electrons. The van der Waals surface area contributed by atoms with E-state index in [1.807, 2.05) is 13.8 Å². The number of sulfonamides is 1. The molecule has 0 aliphatic carbocycles. The number of benzene rings is 1. The first kappa shape index (κ1) is 17.9. The second-order valence-corrected chi connectivity index (χ2v) is 6.74. The lowest BCUT2D eigenvalue weighted by atomic mass is 10.3. The summed E-state index contributed by atoms with van der Waals surface area (Å²) in [5.74, 6) is 0.665. The molecule has 0 heterocycles. The van der Waals surface area contributed by atoms with Crippen molar-refractivity contribution in [2.45, 2.75) is 38.0 Å². The van der Waals surface area contributed by atoms with Crippen LogP contribution in [-0.2, 0) is 10.0 Å². The quantitative estimate of drug-likeness (QED) is 0.719. The van der Waals surface area contributed by atoms with Crippen LogP contribution in [0.2, 0.25) is 0 Å². The smallest absolute Gasteiger partial charge is 0.243 e. The van der Waals surface area contributed by atoms with E-state index >= 15 is 0 Å². The van der Waals surface area contributed by atoms with Crippen molar-refractivity contribution in [2.24, 2.45) is 0 Å². The highest BCUT2D eigenvalue weighted by atomic mass is 32.2. The van der Waals surface area contributed by atoms with E-state index in [2.05, 4.69) is 0 Å². The third-order valence-electron chi connectivity index (χ3n) is 3.04. The first-order valence-corrected chi connectivity index (χ1v) is 8.84. The van der Waals surface area contributed by atoms with Gasteiger partial charge in [0.05, 0.1) is 18.1 Å². The maximum Gasteiger partial charge on any atom is 0.243 e. The minimum absolute atomic E-state index is 0.121. The standard InChI is InChI=1S/C15H25NO4S/c1-3-5-10-16(11-12-17)21(18,19)15-8-6-14(7-9-15)20-13-4-2/h6-9,17H,3-5,10-13H2,1-2H3. The molecule has 1 aromatic rings. The average molecular weight is 315 g/mol. The molecule has 1 aromatic carbocycles. The van der Waals surface area contributed by atoms with Gasteiger partial charge in [0.1, 0.15) is 5.75 Å². The Kier molecular flexibility index (Phi) is 7.71. The highest BCUT2D eigenvalue weighted by molar-refractivity contribution is 7.89. The SMILES string of the molecule is CCCCN(CCO)S(=O)(=O)c1ccc(OCCC)cc1. The summed E-state index contributed by atoms with van der Waals surface area (Å²) < 4.78 is 31.8. The van der Waals surface area contributed by atoms with Crippen LogP contribution in [0.15, 0.2) is 29.2 Å². The third-order valence-corrected chi connectivity index (χ3v) is 4.96. The third kappa shape index (κ3) is 5.30. The number of hydrogen-bond acceptors (Lipinski definition) is 4. The molecule has 1 N–H and O–H groups in total. The summed E-state index contributed by atoms with van der Waals surface area (Å²) in [6.45, 7) is 4.99. The predicted octanol–water partition coefficient (Wildman–Crippen LogP) is 2.26. The zero-order chi connectivity index (χ0) is 15.7. The van der Waals surface area contributed by atoms with Crippen molar-refractivity contribution in [1.82, 2.24) is 4.31 Å².